The van der Waals surface area contributed by atoms with Crippen LogP contribution in [0.25, 0.3) is 0 Å². The number of imidazole rings is 1. The zero-order valence-corrected chi connectivity index (χ0v) is 7.50. The Morgan fingerprint density at radius 2 is 2.38 bits per heavy atom. The molecule has 4 nitrogen and oxygen atoms in total. The van der Waals surface area contributed by atoms with Gasteiger partial charge in [-0.05, 0) is 32.1 Å². The van der Waals surface area contributed by atoms with Crippen LogP contribution in [0.5, 0.6) is 0 Å². The Balaban J connectivity index is 2.24. The molecule has 1 aliphatic rings. The molecule has 1 aromatic rings. The van der Waals surface area contributed by atoms with E-state index in [-0.39, 0.29) is 5.69 Å². The molecule has 1 fully saturated rings. The molecule has 0 aliphatic heterocycles. The fourth-order valence-electron chi connectivity index (χ4n) is 1.48. The van der Waals surface area contributed by atoms with Gasteiger partial charge in [-0.3, -0.25) is 0 Å². The van der Waals surface area contributed by atoms with Gasteiger partial charge < -0.3 is 10.1 Å². The number of aromatic amines is 1. The second-order valence-corrected chi connectivity index (χ2v) is 3.60. The van der Waals surface area contributed by atoms with Gasteiger partial charge in [-0.1, -0.05) is 0 Å². The second-order valence-electron chi connectivity index (χ2n) is 3.60. The zero-order valence-electron chi connectivity index (χ0n) is 7.50. The third-order valence-electron chi connectivity index (χ3n) is 2.29. The van der Waals surface area contributed by atoms with Crippen molar-refractivity contribution in [3.8, 4) is 0 Å². The molecule has 70 valence electrons. The first-order valence-electron chi connectivity index (χ1n) is 4.45. The van der Waals surface area contributed by atoms with Crippen molar-refractivity contribution in [2.45, 2.75) is 26.2 Å². The minimum Gasteiger partial charge on any atom is -0.476 e. The molecule has 1 aliphatic carbocycles. The maximum atomic E-state index is 10.8. The Morgan fingerprint density at radius 3 is 2.92 bits per heavy atom. The fourth-order valence-corrected chi connectivity index (χ4v) is 1.48. The molecular weight excluding hydrogens is 168 g/mol. The van der Waals surface area contributed by atoms with Gasteiger partial charge in [-0.25, -0.2) is 9.78 Å². The summed E-state index contributed by atoms with van der Waals surface area (Å²) in [7, 11) is 0. The molecule has 0 amide bonds. The highest BCUT2D eigenvalue weighted by Crippen LogP contribution is 2.32. The van der Waals surface area contributed by atoms with Crippen LogP contribution in [0.3, 0.4) is 0 Å². The van der Waals surface area contributed by atoms with Crippen molar-refractivity contribution in [1.29, 1.82) is 0 Å². The van der Waals surface area contributed by atoms with Crippen LogP contribution in [-0.4, -0.2) is 21.0 Å². The molecule has 0 unspecified atom stereocenters. The van der Waals surface area contributed by atoms with E-state index in [1.165, 1.54) is 12.8 Å². The first-order chi connectivity index (χ1) is 6.16. The van der Waals surface area contributed by atoms with E-state index in [4.69, 9.17) is 5.11 Å². The first-order valence-corrected chi connectivity index (χ1v) is 4.45. The van der Waals surface area contributed by atoms with Crippen molar-refractivity contribution in [2.24, 2.45) is 5.92 Å². The van der Waals surface area contributed by atoms with E-state index >= 15 is 0 Å². The van der Waals surface area contributed by atoms with Crippen molar-refractivity contribution in [1.82, 2.24) is 9.97 Å². The number of aromatic nitrogens is 2. The standard InChI is InChI=1S/C9H12N2O2/c1-5-10-7(4-6-2-3-6)8(11-5)9(12)13/h6H,2-4H2,1H3,(H,10,11)(H,12,13). The van der Waals surface area contributed by atoms with Crippen molar-refractivity contribution in [3.63, 3.8) is 0 Å². The molecule has 13 heavy (non-hydrogen) atoms. The van der Waals surface area contributed by atoms with E-state index in [1.54, 1.807) is 6.92 Å². The minimum absolute atomic E-state index is 0.199. The van der Waals surface area contributed by atoms with Crippen LogP contribution in [0.4, 0.5) is 0 Å². The number of carboxylic acid groups (broad SMARTS) is 1. The molecule has 1 heterocycles. The Bertz CT molecular complexity index is 339. The lowest BCUT2D eigenvalue weighted by atomic mass is 10.2. The molecule has 0 atom stereocenters. The Hall–Kier alpha value is -1.32. The number of nitrogens with zero attached hydrogens (tertiary/aromatic N) is 1. The summed E-state index contributed by atoms with van der Waals surface area (Å²) in [5, 5.41) is 8.83. The molecule has 2 rings (SSSR count). The SMILES string of the molecule is Cc1nc(C(=O)O)c(CC2CC2)[nH]1. The van der Waals surface area contributed by atoms with Crippen LogP contribution in [0.1, 0.15) is 34.8 Å². The smallest absolute Gasteiger partial charge is 0.356 e. The van der Waals surface area contributed by atoms with Gasteiger partial charge in [0.1, 0.15) is 5.82 Å². The number of carbonyl (C=O) groups is 1. The van der Waals surface area contributed by atoms with Gasteiger partial charge in [0, 0.05) is 5.69 Å². The average molecular weight is 180 g/mol. The maximum absolute atomic E-state index is 10.8. The number of hydrogen-bond donors (Lipinski definition) is 2. The second kappa shape index (κ2) is 2.87. The molecule has 0 spiro atoms. The van der Waals surface area contributed by atoms with E-state index in [0.717, 1.165) is 12.1 Å². The van der Waals surface area contributed by atoms with Gasteiger partial charge in [0.25, 0.3) is 0 Å². The summed E-state index contributed by atoms with van der Waals surface area (Å²) < 4.78 is 0. The summed E-state index contributed by atoms with van der Waals surface area (Å²) >= 11 is 0. The molecule has 0 bridgehead atoms. The highest BCUT2D eigenvalue weighted by Gasteiger charge is 2.25. The van der Waals surface area contributed by atoms with Crippen LogP contribution in [0.2, 0.25) is 0 Å². The molecule has 1 aromatic heterocycles. The average Bonchev–Trinajstić information content (AvgIpc) is 2.75. The Labute approximate surface area is 76.0 Å². The third-order valence-corrected chi connectivity index (χ3v) is 2.29. The Morgan fingerprint density at radius 1 is 1.69 bits per heavy atom. The fraction of sp³-hybridized carbons (Fsp3) is 0.556. The van der Waals surface area contributed by atoms with Crippen LogP contribution >= 0.6 is 0 Å². The van der Waals surface area contributed by atoms with Gasteiger partial charge in [-0.15, -0.1) is 0 Å². The van der Waals surface area contributed by atoms with Crippen LogP contribution in [-0.2, 0) is 6.42 Å². The molecule has 0 radical (unpaired) electrons. The van der Waals surface area contributed by atoms with Crippen molar-refractivity contribution in [2.75, 3.05) is 0 Å². The first kappa shape index (κ1) is 8.29. The summed E-state index contributed by atoms with van der Waals surface area (Å²) in [6, 6.07) is 0. The predicted octanol–water partition coefficient (Wildman–Crippen LogP) is 1.37. The van der Waals surface area contributed by atoms with Gasteiger partial charge in [0.2, 0.25) is 0 Å². The number of rotatable bonds is 3. The number of H-pyrrole nitrogens is 1. The summed E-state index contributed by atoms with van der Waals surface area (Å²) in [6.45, 7) is 1.78. The molecule has 0 aromatic carbocycles. The lowest BCUT2D eigenvalue weighted by Crippen LogP contribution is -2.02. The van der Waals surface area contributed by atoms with Crippen LogP contribution in [0.15, 0.2) is 0 Å². The predicted molar refractivity (Wildman–Crippen MR) is 46.7 cm³/mol. The van der Waals surface area contributed by atoms with E-state index in [2.05, 4.69) is 9.97 Å². The zero-order chi connectivity index (χ0) is 9.42. The quantitative estimate of drug-likeness (QED) is 0.738. The van der Waals surface area contributed by atoms with Crippen molar-refractivity contribution in [3.05, 3.63) is 17.2 Å². The third kappa shape index (κ3) is 1.71. The van der Waals surface area contributed by atoms with Gasteiger partial charge in [-0.2, -0.15) is 0 Å². The van der Waals surface area contributed by atoms with E-state index < -0.39 is 5.97 Å². The van der Waals surface area contributed by atoms with Crippen molar-refractivity contribution >= 4 is 5.97 Å². The summed E-state index contributed by atoms with van der Waals surface area (Å²) in [5.41, 5.74) is 0.983. The van der Waals surface area contributed by atoms with Crippen LogP contribution in [0, 0.1) is 12.8 Å². The molecular formula is C9H12N2O2. The molecule has 4 heteroatoms. The van der Waals surface area contributed by atoms with E-state index in [0.29, 0.717) is 11.7 Å². The number of aromatic carboxylic acids is 1. The lowest BCUT2D eigenvalue weighted by molar-refractivity contribution is 0.0689. The number of nitrogens with one attached hydrogen (secondary N) is 1. The minimum atomic E-state index is -0.931. The lowest BCUT2D eigenvalue weighted by Gasteiger charge is -1.95. The number of hydrogen-bond acceptors (Lipinski definition) is 2. The normalized spacial score (nSPS) is 16.1. The largest absolute Gasteiger partial charge is 0.476 e. The summed E-state index contributed by atoms with van der Waals surface area (Å²) in [5.74, 6) is 0.436. The highest BCUT2D eigenvalue weighted by molar-refractivity contribution is 5.86. The monoisotopic (exact) mass is 180 g/mol. The molecule has 0 saturated heterocycles. The number of carboxylic acids is 1. The Kier molecular flexibility index (Phi) is 1.83. The highest BCUT2D eigenvalue weighted by atomic mass is 16.4. The van der Waals surface area contributed by atoms with Crippen LogP contribution < -0.4 is 0 Å². The van der Waals surface area contributed by atoms with Gasteiger partial charge in [0.15, 0.2) is 5.69 Å². The molecule has 2 N–H and O–H groups in total. The summed E-state index contributed by atoms with van der Waals surface area (Å²) in [6.07, 6.45) is 3.27. The topological polar surface area (TPSA) is 66.0 Å². The van der Waals surface area contributed by atoms with Gasteiger partial charge in [0.05, 0.1) is 0 Å². The number of aryl methyl sites for hydroxylation is 1. The maximum Gasteiger partial charge on any atom is 0.356 e. The van der Waals surface area contributed by atoms with E-state index in [1.807, 2.05) is 0 Å². The van der Waals surface area contributed by atoms with Crippen molar-refractivity contribution < 1.29 is 9.90 Å². The summed E-state index contributed by atoms with van der Waals surface area (Å²) in [4.78, 5) is 17.7. The molecule has 1 saturated carbocycles. The van der Waals surface area contributed by atoms with E-state index in [9.17, 15) is 4.79 Å². The van der Waals surface area contributed by atoms with Gasteiger partial charge >= 0.3 is 5.97 Å².